The molecule has 1 aliphatic heterocycles. The molecule has 0 radical (unpaired) electrons. The first kappa shape index (κ1) is 13.8. The minimum atomic E-state index is -0.122. The number of aromatic amines is 1. The number of benzene rings is 1. The second kappa shape index (κ2) is 6.54. The van der Waals surface area contributed by atoms with E-state index in [2.05, 4.69) is 32.7 Å². The van der Waals surface area contributed by atoms with Gasteiger partial charge in [0.05, 0.1) is 6.04 Å². The van der Waals surface area contributed by atoms with Gasteiger partial charge in [0.2, 0.25) is 5.91 Å². The van der Waals surface area contributed by atoms with Crippen LogP contribution in [-0.2, 0) is 24.2 Å². The molecule has 1 atom stereocenters. The highest BCUT2D eigenvalue weighted by molar-refractivity contribution is 5.82. The number of nitrogens with zero attached hydrogens (tertiary/aromatic N) is 1. The summed E-state index contributed by atoms with van der Waals surface area (Å²) in [5, 5.41) is 6.30. The maximum Gasteiger partial charge on any atom is 0.237 e. The van der Waals surface area contributed by atoms with Crippen LogP contribution in [0.15, 0.2) is 36.7 Å². The molecule has 5 nitrogen and oxygen atoms in total. The number of amides is 1. The fraction of sp³-hybridized carbons (Fsp3) is 0.375. The normalized spacial score (nSPS) is 17.2. The first-order valence-electron chi connectivity index (χ1n) is 7.39. The van der Waals surface area contributed by atoms with Gasteiger partial charge in [0.25, 0.3) is 0 Å². The molecule has 1 amide bonds. The van der Waals surface area contributed by atoms with Crippen molar-refractivity contribution in [3.05, 3.63) is 53.6 Å². The van der Waals surface area contributed by atoms with Crippen molar-refractivity contribution in [1.82, 2.24) is 20.6 Å². The zero-order valence-electron chi connectivity index (χ0n) is 11.9. The molecule has 21 heavy (non-hydrogen) atoms. The third-order valence-electron chi connectivity index (χ3n) is 3.84. The molecule has 0 spiro atoms. The van der Waals surface area contributed by atoms with E-state index in [0.717, 1.165) is 31.6 Å². The molecule has 3 N–H and O–H groups in total. The summed E-state index contributed by atoms with van der Waals surface area (Å²) >= 11 is 0. The van der Waals surface area contributed by atoms with Crippen LogP contribution in [0, 0.1) is 0 Å². The van der Waals surface area contributed by atoms with Gasteiger partial charge in [-0.05, 0) is 24.0 Å². The third-order valence-corrected chi connectivity index (χ3v) is 3.84. The molecule has 110 valence electrons. The molecule has 0 saturated heterocycles. The molecule has 1 aromatic carbocycles. The van der Waals surface area contributed by atoms with Gasteiger partial charge in [-0.25, -0.2) is 4.98 Å². The molecule has 0 saturated carbocycles. The topological polar surface area (TPSA) is 69.8 Å². The maximum atomic E-state index is 12.2. The molecule has 0 aliphatic carbocycles. The van der Waals surface area contributed by atoms with Gasteiger partial charge in [-0.3, -0.25) is 4.79 Å². The predicted molar refractivity (Wildman–Crippen MR) is 80.7 cm³/mol. The summed E-state index contributed by atoms with van der Waals surface area (Å²) in [5.74, 6) is 1.05. The van der Waals surface area contributed by atoms with Gasteiger partial charge in [0.1, 0.15) is 5.82 Å². The Bertz CT molecular complexity index is 594. The lowest BCUT2D eigenvalue weighted by Gasteiger charge is -2.25. The number of rotatable bonds is 5. The zero-order chi connectivity index (χ0) is 14.5. The van der Waals surface area contributed by atoms with Crippen LogP contribution < -0.4 is 10.6 Å². The second-order valence-electron chi connectivity index (χ2n) is 5.34. The Hall–Kier alpha value is -2.14. The monoisotopic (exact) mass is 284 g/mol. The number of carbonyl (C=O) groups is 1. The number of aromatic nitrogens is 2. The number of carbonyl (C=O) groups excluding carboxylic acids is 1. The minimum Gasteiger partial charge on any atom is -0.355 e. The van der Waals surface area contributed by atoms with Gasteiger partial charge in [-0.15, -0.1) is 0 Å². The molecule has 0 fully saturated rings. The van der Waals surface area contributed by atoms with E-state index in [1.807, 2.05) is 18.3 Å². The van der Waals surface area contributed by atoms with E-state index in [1.165, 1.54) is 11.1 Å². The van der Waals surface area contributed by atoms with E-state index >= 15 is 0 Å². The smallest absolute Gasteiger partial charge is 0.237 e. The number of imidazole rings is 1. The van der Waals surface area contributed by atoms with Crippen LogP contribution in [0.3, 0.4) is 0 Å². The summed E-state index contributed by atoms with van der Waals surface area (Å²) < 4.78 is 0. The fourth-order valence-corrected chi connectivity index (χ4v) is 2.67. The highest BCUT2D eigenvalue weighted by atomic mass is 16.2. The quantitative estimate of drug-likeness (QED) is 0.722. The van der Waals surface area contributed by atoms with E-state index in [0.29, 0.717) is 6.54 Å². The molecule has 1 aliphatic rings. The summed E-state index contributed by atoms with van der Waals surface area (Å²) in [6, 6.07) is 8.16. The van der Waals surface area contributed by atoms with Gasteiger partial charge in [0, 0.05) is 31.9 Å². The van der Waals surface area contributed by atoms with E-state index in [9.17, 15) is 4.79 Å². The van der Waals surface area contributed by atoms with Crippen molar-refractivity contribution in [3.8, 4) is 0 Å². The second-order valence-corrected chi connectivity index (χ2v) is 5.34. The van der Waals surface area contributed by atoms with Crippen molar-refractivity contribution in [3.63, 3.8) is 0 Å². The zero-order valence-corrected chi connectivity index (χ0v) is 11.9. The van der Waals surface area contributed by atoms with Crippen molar-refractivity contribution in [2.24, 2.45) is 0 Å². The van der Waals surface area contributed by atoms with Crippen LogP contribution in [0.5, 0.6) is 0 Å². The summed E-state index contributed by atoms with van der Waals surface area (Å²) in [7, 11) is 0. The van der Waals surface area contributed by atoms with Crippen LogP contribution in [0.1, 0.15) is 23.4 Å². The SMILES string of the molecule is O=C(NCCCc1ncc[nH]1)C1Cc2ccccc2CN1. The van der Waals surface area contributed by atoms with Gasteiger partial charge in [-0.2, -0.15) is 0 Å². The Morgan fingerprint density at radius 1 is 1.33 bits per heavy atom. The van der Waals surface area contributed by atoms with Crippen molar-refractivity contribution < 1.29 is 4.79 Å². The standard InChI is InChI=1S/C16H20N4O/c21-16(19-7-3-6-15-17-8-9-18-15)14-10-12-4-1-2-5-13(12)11-20-14/h1-2,4-5,8-9,14,20H,3,6-7,10-11H2,(H,17,18)(H,19,21). The average molecular weight is 284 g/mol. The summed E-state index contributed by atoms with van der Waals surface area (Å²) in [6.07, 6.45) is 6.07. The number of fused-ring (bicyclic) bond motifs is 1. The van der Waals surface area contributed by atoms with Crippen LogP contribution in [-0.4, -0.2) is 28.5 Å². The van der Waals surface area contributed by atoms with Crippen molar-refractivity contribution in [2.75, 3.05) is 6.54 Å². The van der Waals surface area contributed by atoms with Crippen LogP contribution in [0.25, 0.3) is 0 Å². The van der Waals surface area contributed by atoms with Crippen molar-refractivity contribution >= 4 is 5.91 Å². The number of nitrogens with one attached hydrogen (secondary N) is 3. The Labute approximate surface area is 124 Å². The lowest BCUT2D eigenvalue weighted by atomic mass is 9.95. The first-order valence-corrected chi connectivity index (χ1v) is 7.39. The maximum absolute atomic E-state index is 12.2. The number of aryl methyl sites for hydroxylation is 1. The summed E-state index contributed by atoms with van der Waals surface area (Å²) in [4.78, 5) is 19.4. The van der Waals surface area contributed by atoms with Crippen LogP contribution in [0.2, 0.25) is 0 Å². The number of hydrogen-bond acceptors (Lipinski definition) is 3. The number of H-pyrrole nitrogens is 1. The Morgan fingerprint density at radius 3 is 3.00 bits per heavy atom. The molecule has 2 heterocycles. The van der Waals surface area contributed by atoms with Crippen molar-refractivity contribution in [2.45, 2.75) is 31.8 Å². The van der Waals surface area contributed by atoms with Gasteiger partial charge >= 0.3 is 0 Å². The first-order chi connectivity index (χ1) is 10.3. The molecule has 1 unspecified atom stereocenters. The van der Waals surface area contributed by atoms with Crippen LogP contribution >= 0.6 is 0 Å². The average Bonchev–Trinajstić information content (AvgIpc) is 3.04. The Kier molecular flexibility index (Phi) is 4.31. The minimum absolute atomic E-state index is 0.0870. The molecular weight excluding hydrogens is 264 g/mol. The Morgan fingerprint density at radius 2 is 2.19 bits per heavy atom. The number of hydrogen-bond donors (Lipinski definition) is 3. The molecule has 0 bridgehead atoms. The van der Waals surface area contributed by atoms with E-state index in [4.69, 9.17) is 0 Å². The van der Waals surface area contributed by atoms with Gasteiger partial charge < -0.3 is 15.6 Å². The largest absolute Gasteiger partial charge is 0.355 e. The van der Waals surface area contributed by atoms with E-state index < -0.39 is 0 Å². The highest BCUT2D eigenvalue weighted by Gasteiger charge is 2.23. The van der Waals surface area contributed by atoms with Gasteiger partial charge in [-0.1, -0.05) is 24.3 Å². The van der Waals surface area contributed by atoms with Gasteiger partial charge in [0.15, 0.2) is 0 Å². The summed E-state index contributed by atoms with van der Waals surface area (Å²) in [6.45, 7) is 1.44. The molecule has 2 aromatic rings. The van der Waals surface area contributed by atoms with Crippen molar-refractivity contribution in [1.29, 1.82) is 0 Å². The highest BCUT2D eigenvalue weighted by Crippen LogP contribution is 2.16. The van der Waals surface area contributed by atoms with Crippen LogP contribution in [0.4, 0.5) is 0 Å². The Balaban J connectivity index is 1.44. The molecular formula is C16H20N4O. The van der Waals surface area contributed by atoms with E-state index in [1.54, 1.807) is 6.20 Å². The predicted octanol–water partition coefficient (Wildman–Crippen LogP) is 1.17. The third kappa shape index (κ3) is 3.49. The lowest BCUT2D eigenvalue weighted by Crippen LogP contribution is -2.47. The van der Waals surface area contributed by atoms with E-state index in [-0.39, 0.29) is 11.9 Å². The fourth-order valence-electron chi connectivity index (χ4n) is 2.67. The molecule has 5 heteroatoms. The molecule has 3 rings (SSSR count). The summed E-state index contributed by atoms with van der Waals surface area (Å²) in [5.41, 5.74) is 2.56. The lowest BCUT2D eigenvalue weighted by molar-refractivity contribution is -0.123. The molecule has 1 aromatic heterocycles.